The zero-order chi connectivity index (χ0) is 19.7. The summed E-state index contributed by atoms with van der Waals surface area (Å²) in [6, 6.07) is 6.96. The molecule has 0 spiro atoms. The third-order valence-electron chi connectivity index (χ3n) is 4.85. The van der Waals surface area contributed by atoms with Gasteiger partial charge in [0.25, 0.3) is 0 Å². The zero-order valence-electron chi connectivity index (χ0n) is 17.1. The van der Waals surface area contributed by atoms with Crippen molar-refractivity contribution in [3.8, 4) is 11.5 Å². The van der Waals surface area contributed by atoms with Crippen molar-refractivity contribution >= 4 is 26.2 Å². The molecule has 1 aromatic rings. The average Bonchev–Trinajstić information content (AvgIpc) is 2.41. The Morgan fingerprint density at radius 3 is 1.88 bits per heavy atom. The van der Waals surface area contributed by atoms with Gasteiger partial charge in [-0.1, -0.05) is 77.1 Å². The minimum Gasteiger partial charge on any atom is -0.207 e. The smallest absolute Gasteiger partial charge is 0.207 e. The van der Waals surface area contributed by atoms with Gasteiger partial charge in [-0.25, -0.2) is 8.42 Å². The highest BCUT2D eigenvalue weighted by Crippen LogP contribution is 2.38. The molecule has 0 unspecified atom stereocenters. The highest BCUT2D eigenvalue weighted by molar-refractivity contribution is 7.89. The van der Waals surface area contributed by atoms with Crippen LogP contribution in [-0.4, -0.2) is 30.2 Å². The van der Waals surface area contributed by atoms with Crippen molar-refractivity contribution in [3.63, 3.8) is 0 Å². The van der Waals surface area contributed by atoms with E-state index in [1.54, 1.807) is 12.1 Å². The van der Waals surface area contributed by atoms with Crippen LogP contribution >= 0.6 is 0 Å². The summed E-state index contributed by atoms with van der Waals surface area (Å²) in [5.74, 6) is 3.33. The summed E-state index contributed by atoms with van der Waals surface area (Å²) in [6.07, 6.45) is 0. The van der Waals surface area contributed by atoms with E-state index >= 15 is 0 Å². The Bertz CT molecular complexity index is 759. The van der Waals surface area contributed by atoms with Crippen LogP contribution in [0.15, 0.2) is 29.2 Å². The Balaban J connectivity index is 3.33. The van der Waals surface area contributed by atoms with Crippen molar-refractivity contribution < 1.29 is 8.42 Å². The first-order valence-electron chi connectivity index (χ1n) is 8.68. The lowest BCUT2D eigenvalue weighted by Gasteiger charge is -2.41. The third kappa shape index (κ3) is 6.10. The van der Waals surface area contributed by atoms with Gasteiger partial charge < -0.3 is 0 Å². The maximum atomic E-state index is 12.9. The second-order valence-corrected chi connectivity index (χ2v) is 21.3. The summed E-state index contributed by atoms with van der Waals surface area (Å²) in [6.45, 7) is 19.5. The Labute approximate surface area is 156 Å². The molecule has 0 heterocycles. The van der Waals surface area contributed by atoms with Gasteiger partial charge in [-0.2, -0.15) is 4.72 Å². The topological polar surface area (TPSA) is 46.2 Å². The maximum Gasteiger partial charge on any atom is 0.241 e. The minimum absolute atomic E-state index is 0.0293. The van der Waals surface area contributed by atoms with E-state index in [9.17, 15) is 8.42 Å². The van der Waals surface area contributed by atoms with Crippen LogP contribution in [0.1, 0.15) is 26.3 Å². The predicted molar refractivity (Wildman–Crippen MR) is 114 cm³/mol. The van der Waals surface area contributed by atoms with Gasteiger partial charge in [0.15, 0.2) is 0 Å². The molecule has 1 rings (SSSR count). The Morgan fingerprint density at radius 2 is 1.48 bits per heavy atom. The fourth-order valence-corrected chi connectivity index (χ4v) is 6.68. The summed E-state index contributed by atoms with van der Waals surface area (Å²) in [7, 11) is -7.21. The highest BCUT2D eigenvalue weighted by Gasteiger charge is 2.43. The standard InChI is InChI=1S/C19H33NO2SSi2/c1-16-10-12-17(13-11-16)23(21,22)20-18(14-15-24(5,6)7)25(8,9)19(2,3)4/h10-13,18,20H,1-9H3/t18-/m1/s1. The van der Waals surface area contributed by atoms with E-state index < -0.39 is 26.2 Å². The SMILES string of the molecule is Cc1ccc(S(=O)(=O)N[C@@H](C#C[Si](C)(C)C)[Si](C)(C)C(C)(C)C)cc1. The molecule has 25 heavy (non-hydrogen) atoms. The lowest BCUT2D eigenvalue weighted by atomic mass is 10.2. The number of aryl methyl sites for hydroxylation is 1. The third-order valence-corrected chi connectivity index (χ3v) is 13.0. The number of hydrogen-bond acceptors (Lipinski definition) is 2. The maximum absolute atomic E-state index is 12.9. The average molecular weight is 396 g/mol. The fourth-order valence-electron chi connectivity index (χ4n) is 2.02. The quantitative estimate of drug-likeness (QED) is 0.599. The molecule has 1 atom stereocenters. The summed E-state index contributed by atoms with van der Waals surface area (Å²) in [4.78, 5) is 0.302. The van der Waals surface area contributed by atoms with Crippen molar-refractivity contribution in [3.05, 3.63) is 29.8 Å². The molecule has 0 saturated carbocycles. The van der Waals surface area contributed by atoms with Crippen LogP contribution < -0.4 is 4.72 Å². The lowest BCUT2D eigenvalue weighted by Crippen LogP contribution is -2.57. The van der Waals surface area contributed by atoms with Gasteiger partial charge in [-0.15, -0.1) is 5.54 Å². The Hall–Kier alpha value is -0.876. The zero-order valence-corrected chi connectivity index (χ0v) is 19.9. The van der Waals surface area contributed by atoms with Crippen molar-refractivity contribution in [2.45, 2.75) is 76.0 Å². The van der Waals surface area contributed by atoms with E-state index in [0.29, 0.717) is 4.90 Å². The van der Waals surface area contributed by atoms with E-state index in [2.05, 4.69) is 69.7 Å². The van der Waals surface area contributed by atoms with Crippen LogP contribution in [0.5, 0.6) is 0 Å². The van der Waals surface area contributed by atoms with Gasteiger partial charge in [0, 0.05) is 0 Å². The summed E-state index contributed by atoms with van der Waals surface area (Å²) < 4.78 is 28.7. The minimum atomic E-state index is -3.59. The molecule has 3 nitrogen and oxygen atoms in total. The second kappa shape index (κ2) is 7.39. The molecule has 1 N–H and O–H groups in total. The van der Waals surface area contributed by atoms with Crippen molar-refractivity contribution in [1.29, 1.82) is 0 Å². The molecule has 0 aliphatic rings. The molecule has 0 radical (unpaired) electrons. The fraction of sp³-hybridized carbons (Fsp3) is 0.579. The van der Waals surface area contributed by atoms with Crippen LogP contribution in [0.3, 0.4) is 0 Å². The molecule has 0 aromatic heterocycles. The first-order valence-corrected chi connectivity index (χ1v) is 16.7. The Morgan fingerprint density at radius 1 is 1.00 bits per heavy atom. The molecule has 0 fully saturated rings. The van der Waals surface area contributed by atoms with Crippen LogP contribution in [0, 0.1) is 18.4 Å². The van der Waals surface area contributed by atoms with Gasteiger partial charge in [0.1, 0.15) is 8.07 Å². The predicted octanol–water partition coefficient (Wildman–Crippen LogP) is 4.57. The number of rotatable bonds is 4. The largest absolute Gasteiger partial charge is 0.241 e. The molecule has 0 aliphatic heterocycles. The van der Waals surface area contributed by atoms with Crippen molar-refractivity contribution in [2.24, 2.45) is 0 Å². The van der Waals surface area contributed by atoms with Crippen LogP contribution in [-0.2, 0) is 10.0 Å². The molecule has 6 heteroatoms. The van der Waals surface area contributed by atoms with Crippen molar-refractivity contribution in [1.82, 2.24) is 4.72 Å². The second-order valence-electron chi connectivity index (χ2n) is 9.36. The van der Waals surface area contributed by atoms with E-state index in [0.717, 1.165) is 5.56 Å². The van der Waals surface area contributed by atoms with Crippen LogP contribution in [0.2, 0.25) is 37.8 Å². The first-order chi connectivity index (χ1) is 11.1. The summed E-state index contributed by atoms with van der Waals surface area (Å²) >= 11 is 0. The molecular weight excluding hydrogens is 362 g/mol. The lowest BCUT2D eigenvalue weighted by molar-refractivity contribution is 0.580. The normalized spacial score (nSPS) is 14.6. The first kappa shape index (κ1) is 22.2. The highest BCUT2D eigenvalue weighted by atomic mass is 32.2. The van der Waals surface area contributed by atoms with Crippen molar-refractivity contribution in [2.75, 3.05) is 0 Å². The van der Waals surface area contributed by atoms with Gasteiger partial charge >= 0.3 is 0 Å². The molecule has 0 amide bonds. The van der Waals surface area contributed by atoms with Gasteiger partial charge in [0.2, 0.25) is 10.0 Å². The molecule has 0 saturated heterocycles. The van der Waals surface area contributed by atoms with Crippen LogP contribution in [0.4, 0.5) is 0 Å². The molecule has 0 aliphatic carbocycles. The van der Waals surface area contributed by atoms with Gasteiger partial charge in [-0.3, -0.25) is 0 Å². The van der Waals surface area contributed by atoms with E-state index in [4.69, 9.17) is 0 Å². The molecule has 140 valence electrons. The Kier molecular flexibility index (Phi) is 6.56. The van der Waals surface area contributed by atoms with Gasteiger partial charge in [-0.05, 0) is 24.1 Å². The molecule has 0 bridgehead atoms. The molecular formula is C19H33NO2SSi2. The van der Waals surface area contributed by atoms with Crippen LogP contribution in [0.25, 0.3) is 0 Å². The van der Waals surface area contributed by atoms with E-state index in [1.807, 2.05) is 19.1 Å². The monoisotopic (exact) mass is 395 g/mol. The number of hydrogen-bond donors (Lipinski definition) is 1. The van der Waals surface area contributed by atoms with E-state index in [-0.39, 0.29) is 10.7 Å². The van der Waals surface area contributed by atoms with Gasteiger partial charge in [0.05, 0.1) is 18.6 Å². The summed E-state index contributed by atoms with van der Waals surface area (Å²) in [5.41, 5.74) is 4.11. The summed E-state index contributed by atoms with van der Waals surface area (Å²) in [5, 5.41) is 0.0293. The number of sulfonamides is 1. The number of benzene rings is 1. The van der Waals surface area contributed by atoms with E-state index in [1.165, 1.54) is 0 Å². The molecule has 1 aromatic carbocycles. The number of nitrogens with one attached hydrogen (secondary N) is 1.